The molecule has 1 saturated heterocycles. The van der Waals surface area contributed by atoms with Gasteiger partial charge in [-0.2, -0.15) is 0 Å². The Bertz CT molecular complexity index is 496. The second-order valence-electron chi connectivity index (χ2n) is 5.66. The lowest BCUT2D eigenvalue weighted by molar-refractivity contribution is 0.279. The second kappa shape index (κ2) is 5.33. The summed E-state index contributed by atoms with van der Waals surface area (Å²) < 4.78 is 5.38. The van der Waals surface area contributed by atoms with E-state index in [2.05, 4.69) is 22.4 Å². The van der Waals surface area contributed by atoms with Crippen LogP contribution in [-0.2, 0) is 0 Å². The fourth-order valence-electron chi connectivity index (χ4n) is 3.31. The number of allylic oxidation sites excluding steroid dienone is 1. The molecule has 1 aliphatic carbocycles. The van der Waals surface area contributed by atoms with Crippen LogP contribution in [0.3, 0.4) is 0 Å². The Hall–Kier alpha value is -1.35. The molecule has 2 aliphatic rings. The van der Waals surface area contributed by atoms with Gasteiger partial charge in [0.2, 0.25) is 0 Å². The summed E-state index contributed by atoms with van der Waals surface area (Å²) in [7, 11) is 1.71. The van der Waals surface area contributed by atoms with Crippen molar-refractivity contribution in [3.63, 3.8) is 0 Å². The van der Waals surface area contributed by atoms with Gasteiger partial charge in [-0.05, 0) is 61.8 Å². The van der Waals surface area contributed by atoms with Gasteiger partial charge in [0.15, 0.2) is 0 Å². The van der Waals surface area contributed by atoms with Gasteiger partial charge in [0.1, 0.15) is 5.75 Å². The van der Waals surface area contributed by atoms with Crippen molar-refractivity contribution in [2.24, 2.45) is 11.8 Å². The van der Waals surface area contributed by atoms with Crippen molar-refractivity contribution in [3.8, 4) is 5.75 Å². The van der Waals surface area contributed by atoms with Gasteiger partial charge in [-0.3, -0.25) is 4.98 Å². The molecule has 1 aromatic rings. The van der Waals surface area contributed by atoms with Crippen LogP contribution in [0.1, 0.15) is 30.5 Å². The number of methoxy groups -OCH3 is 1. The van der Waals surface area contributed by atoms with Crippen LogP contribution in [0.2, 0.25) is 0 Å². The van der Waals surface area contributed by atoms with Crippen LogP contribution in [0.25, 0.3) is 5.57 Å². The van der Waals surface area contributed by atoms with Crippen molar-refractivity contribution in [2.75, 3.05) is 20.2 Å². The quantitative estimate of drug-likeness (QED) is 0.885. The Balaban J connectivity index is 1.87. The molecule has 0 bridgehead atoms. The summed E-state index contributed by atoms with van der Waals surface area (Å²) in [5, 5.41) is 3.50. The van der Waals surface area contributed by atoms with Crippen LogP contribution in [-0.4, -0.2) is 25.2 Å². The zero-order chi connectivity index (χ0) is 13.2. The van der Waals surface area contributed by atoms with Gasteiger partial charge in [0, 0.05) is 12.7 Å². The number of nitrogens with one attached hydrogen (secondary N) is 1. The SMILES string of the molecule is COc1cc(C2=C[C@@H]3CNCC[C@@H]3CC2)cnc1C. The lowest BCUT2D eigenvalue weighted by Gasteiger charge is -2.34. The highest BCUT2D eigenvalue weighted by atomic mass is 16.5. The van der Waals surface area contributed by atoms with E-state index >= 15 is 0 Å². The van der Waals surface area contributed by atoms with Crippen LogP contribution in [0.15, 0.2) is 18.3 Å². The Labute approximate surface area is 115 Å². The molecule has 0 saturated carbocycles. The summed E-state index contributed by atoms with van der Waals surface area (Å²) in [4.78, 5) is 4.45. The van der Waals surface area contributed by atoms with Gasteiger partial charge in [-0.1, -0.05) is 6.08 Å². The van der Waals surface area contributed by atoms with Crippen molar-refractivity contribution in [3.05, 3.63) is 29.6 Å². The highest BCUT2D eigenvalue weighted by molar-refractivity contribution is 5.67. The lowest BCUT2D eigenvalue weighted by atomic mass is 9.76. The fraction of sp³-hybridized carbons (Fsp3) is 0.562. The molecule has 3 nitrogen and oxygen atoms in total. The van der Waals surface area contributed by atoms with Gasteiger partial charge >= 0.3 is 0 Å². The summed E-state index contributed by atoms with van der Waals surface area (Å²) in [6.45, 7) is 4.30. The predicted octanol–water partition coefficient (Wildman–Crippen LogP) is 2.80. The number of rotatable bonds is 2. The number of pyridine rings is 1. The van der Waals surface area contributed by atoms with E-state index in [4.69, 9.17) is 4.74 Å². The van der Waals surface area contributed by atoms with Crippen LogP contribution in [0.5, 0.6) is 5.75 Å². The zero-order valence-corrected chi connectivity index (χ0v) is 11.8. The highest BCUT2D eigenvalue weighted by Gasteiger charge is 2.27. The average Bonchev–Trinajstić information content (AvgIpc) is 2.47. The number of ether oxygens (including phenoxy) is 1. The largest absolute Gasteiger partial charge is 0.495 e. The normalized spacial score (nSPS) is 26.5. The number of fused-ring (bicyclic) bond motifs is 1. The van der Waals surface area contributed by atoms with E-state index in [-0.39, 0.29) is 0 Å². The lowest BCUT2D eigenvalue weighted by Crippen LogP contribution is -2.37. The minimum atomic E-state index is 0.699. The van der Waals surface area contributed by atoms with E-state index in [1.54, 1.807) is 7.11 Å². The monoisotopic (exact) mass is 258 g/mol. The Kier molecular flexibility index (Phi) is 3.56. The molecule has 0 spiro atoms. The summed E-state index contributed by atoms with van der Waals surface area (Å²) in [6, 6.07) is 2.13. The van der Waals surface area contributed by atoms with Crippen LogP contribution >= 0.6 is 0 Å². The Morgan fingerprint density at radius 1 is 1.37 bits per heavy atom. The molecular weight excluding hydrogens is 236 g/mol. The van der Waals surface area contributed by atoms with Gasteiger partial charge in [-0.15, -0.1) is 0 Å². The van der Waals surface area contributed by atoms with Crippen LogP contribution < -0.4 is 10.1 Å². The highest BCUT2D eigenvalue weighted by Crippen LogP contribution is 2.37. The van der Waals surface area contributed by atoms with Gasteiger partial charge in [0.05, 0.1) is 12.8 Å². The first kappa shape index (κ1) is 12.7. The molecule has 102 valence electrons. The smallest absolute Gasteiger partial charge is 0.140 e. The minimum absolute atomic E-state index is 0.699. The molecule has 0 aromatic carbocycles. The maximum Gasteiger partial charge on any atom is 0.140 e. The van der Waals surface area contributed by atoms with Crippen LogP contribution in [0.4, 0.5) is 0 Å². The Morgan fingerprint density at radius 2 is 2.26 bits per heavy atom. The molecular formula is C16H22N2O. The first-order chi connectivity index (χ1) is 9.28. The summed E-state index contributed by atoms with van der Waals surface area (Å²) in [6.07, 6.45) is 8.26. The average molecular weight is 258 g/mol. The molecule has 0 unspecified atom stereocenters. The summed E-state index contributed by atoms with van der Waals surface area (Å²) in [5.41, 5.74) is 3.63. The molecule has 19 heavy (non-hydrogen) atoms. The third-order valence-corrected chi connectivity index (χ3v) is 4.51. The maximum absolute atomic E-state index is 5.38. The molecule has 0 amide bonds. The van der Waals surface area contributed by atoms with Crippen molar-refractivity contribution in [2.45, 2.75) is 26.2 Å². The fourth-order valence-corrected chi connectivity index (χ4v) is 3.31. The zero-order valence-electron chi connectivity index (χ0n) is 11.8. The number of piperidine rings is 1. The molecule has 3 heteroatoms. The number of hydrogen-bond donors (Lipinski definition) is 1. The number of nitrogens with zero attached hydrogens (tertiary/aromatic N) is 1. The molecule has 3 rings (SSSR count). The molecule has 2 heterocycles. The van der Waals surface area contributed by atoms with Crippen molar-refractivity contribution in [1.82, 2.24) is 10.3 Å². The number of aromatic nitrogens is 1. The number of aryl methyl sites for hydroxylation is 1. The molecule has 2 atom stereocenters. The van der Waals surface area contributed by atoms with E-state index in [0.29, 0.717) is 5.92 Å². The van der Waals surface area contributed by atoms with E-state index in [9.17, 15) is 0 Å². The standard InChI is InChI=1S/C16H22N2O/c1-11-16(19-2)8-15(10-18-11)13-4-3-12-5-6-17-9-14(12)7-13/h7-8,10,12,14,17H,3-6,9H2,1-2H3/t12-,14+/m0/s1. The van der Waals surface area contributed by atoms with E-state index < -0.39 is 0 Å². The summed E-state index contributed by atoms with van der Waals surface area (Å²) in [5.74, 6) is 2.47. The van der Waals surface area contributed by atoms with E-state index in [1.807, 2.05) is 13.1 Å². The third kappa shape index (κ3) is 2.52. The maximum atomic E-state index is 5.38. The Morgan fingerprint density at radius 3 is 3.11 bits per heavy atom. The third-order valence-electron chi connectivity index (χ3n) is 4.51. The molecule has 0 radical (unpaired) electrons. The molecule has 1 aliphatic heterocycles. The van der Waals surface area contributed by atoms with Crippen molar-refractivity contribution >= 4 is 5.57 Å². The summed E-state index contributed by atoms with van der Waals surface area (Å²) >= 11 is 0. The van der Waals surface area contributed by atoms with Crippen LogP contribution in [0, 0.1) is 18.8 Å². The first-order valence-electron chi connectivity index (χ1n) is 7.20. The van der Waals surface area contributed by atoms with E-state index in [0.717, 1.165) is 23.9 Å². The molecule has 1 aromatic heterocycles. The van der Waals surface area contributed by atoms with Crippen molar-refractivity contribution in [1.29, 1.82) is 0 Å². The molecule has 1 fully saturated rings. The van der Waals surface area contributed by atoms with Crippen molar-refractivity contribution < 1.29 is 4.74 Å². The predicted molar refractivity (Wildman–Crippen MR) is 77.2 cm³/mol. The number of hydrogen-bond acceptors (Lipinski definition) is 3. The topological polar surface area (TPSA) is 34.1 Å². The van der Waals surface area contributed by atoms with Gasteiger partial charge < -0.3 is 10.1 Å². The second-order valence-corrected chi connectivity index (χ2v) is 5.66. The van der Waals surface area contributed by atoms with Gasteiger partial charge in [-0.25, -0.2) is 0 Å². The van der Waals surface area contributed by atoms with Gasteiger partial charge in [0.25, 0.3) is 0 Å². The van der Waals surface area contributed by atoms with E-state index in [1.165, 1.54) is 36.9 Å². The minimum Gasteiger partial charge on any atom is -0.495 e. The molecule has 1 N–H and O–H groups in total. The first-order valence-corrected chi connectivity index (χ1v) is 7.20.